The van der Waals surface area contributed by atoms with E-state index in [1.165, 1.54) is 5.56 Å². The number of aryl methyl sites for hydroxylation is 1. The molecule has 4 rings (SSSR count). The predicted molar refractivity (Wildman–Crippen MR) is 107 cm³/mol. The molecule has 2 atom stereocenters. The summed E-state index contributed by atoms with van der Waals surface area (Å²) in [5.74, 6) is 0.336. The zero-order valence-electron chi connectivity index (χ0n) is 16.8. The van der Waals surface area contributed by atoms with E-state index in [1.807, 2.05) is 12.1 Å². The van der Waals surface area contributed by atoms with Gasteiger partial charge >= 0.3 is 5.97 Å². The maximum atomic E-state index is 12.2. The number of benzene rings is 1. The molecule has 0 aliphatic carbocycles. The number of H-pyrrole nitrogens is 1. The highest BCUT2D eigenvalue weighted by molar-refractivity contribution is 5.85. The van der Waals surface area contributed by atoms with Crippen molar-refractivity contribution in [1.82, 2.24) is 14.8 Å². The third-order valence-corrected chi connectivity index (χ3v) is 6.54. The summed E-state index contributed by atoms with van der Waals surface area (Å²) in [6.45, 7) is 7.14. The molecule has 28 heavy (non-hydrogen) atoms. The number of ether oxygens (including phenoxy) is 2. The fourth-order valence-corrected chi connectivity index (χ4v) is 4.96. The van der Waals surface area contributed by atoms with E-state index in [0.29, 0.717) is 19.7 Å². The molecule has 7 heteroatoms. The zero-order chi connectivity index (χ0) is 19.9. The van der Waals surface area contributed by atoms with Gasteiger partial charge in [0.05, 0.1) is 19.1 Å². The molecular weight excluding hydrogens is 358 g/mol. The maximum absolute atomic E-state index is 12.2. The van der Waals surface area contributed by atoms with E-state index in [1.54, 1.807) is 14.2 Å². The Morgan fingerprint density at radius 3 is 2.71 bits per heavy atom. The van der Waals surface area contributed by atoms with Gasteiger partial charge in [0, 0.05) is 68.9 Å². The van der Waals surface area contributed by atoms with Crippen LogP contribution in [0.15, 0.2) is 18.2 Å². The lowest BCUT2D eigenvalue weighted by Gasteiger charge is -2.25. The van der Waals surface area contributed by atoms with Crippen LogP contribution in [0.1, 0.15) is 11.3 Å². The van der Waals surface area contributed by atoms with Gasteiger partial charge in [0.1, 0.15) is 5.75 Å². The molecule has 1 aromatic heterocycles. The fourth-order valence-electron chi connectivity index (χ4n) is 4.96. The number of fused-ring (bicyclic) bond motifs is 2. The summed E-state index contributed by atoms with van der Waals surface area (Å²) < 4.78 is 10.5. The molecule has 3 heterocycles. The average Bonchev–Trinajstić information content (AvgIpc) is 3.29. The molecule has 0 unspecified atom stereocenters. The van der Waals surface area contributed by atoms with Crippen LogP contribution in [0.25, 0.3) is 10.9 Å². The molecule has 1 aromatic carbocycles. The number of carboxylic acids is 1. The second-order valence-corrected chi connectivity index (χ2v) is 8.20. The first kappa shape index (κ1) is 19.2. The van der Waals surface area contributed by atoms with E-state index in [0.717, 1.165) is 48.5 Å². The predicted octanol–water partition coefficient (Wildman–Crippen LogP) is 1.95. The first-order valence-corrected chi connectivity index (χ1v) is 9.79. The van der Waals surface area contributed by atoms with E-state index in [9.17, 15) is 9.90 Å². The first-order valence-electron chi connectivity index (χ1n) is 9.79. The van der Waals surface area contributed by atoms with Crippen molar-refractivity contribution >= 4 is 16.9 Å². The van der Waals surface area contributed by atoms with E-state index < -0.39 is 11.4 Å². The van der Waals surface area contributed by atoms with E-state index in [2.05, 4.69) is 27.8 Å². The zero-order valence-corrected chi connectivity index (χ0v) is 16.8. The topological polar surface area (TPSA) is 78.0 Å². The van der Waals surface area contributed by atoms with Crippen molar-refractivity contribution in [1.29, 1.82) is 0 Å². The Morgan fingerprint density at radius 1 is 1.29 bits per heavy atom. The van der Waals surface area contributed by atoms with Gasteiger partial charge in [0.25, 0.3) is 0 Å². The standard InChI is InChI=1S/C21H29N3O4/c1-14-17-8-16(28-3)4-5-18(17)22-19(14)11-24-10-15-9-23(6-7-27-2)12-21(15,13-24)20(25)26/h4-5,8,15,22H,6-7,9-13H2,1-3H3,(H,25,26)/t15-,21-/m0/s1. The van der Waals surface area contributed by atoms with Crippen LogP contribution < -0.4 is 4.74 Å². The van der Waals surface area contributed by atoms with Crippen LogP contribution in [0.3, 0.4) is 0 Å². The summed E-state index contributed by atoms with van der Waals surface area (Å²) in [7, 11) is 3.36. The Morgan fingerprint density at radius 2 is 2.04 bits per heavy atom. The van der Waals surface area contributed by atoms with Gasteiger partial charge in [-0.1, -0.05) is 0 Å². The molecule has 2 aromatic rings. The normalized spacial score (nSPS) is 25.5. The van der Waals surface area contributed by atoms with Crippen molar-refractivity contribution < 1.29 is 19.4 Å². The Labute approximate surface area is 165 Å². The van der Waals surface area contributed by atoms with Crippen LogP contribution in [-0.4, -0.2) is 79.4 Å². The van der Waals surface area contributed by atoms with Gasteiger partial charge in [-0.05, 0) is 30.7 Å². The second kappa shape index (κ2) is 7.39. The quantitative estimate of drug-likeness (QED) is 0.756. The summed E-state index contributed by atoms with van der Waals surface area (Å²) in [5, 5.41) is 11.2. The molecule has 0 bridgehead atoms. The Balaban J connectivity index is 1.51. The summed E-state index contributed by atoms with van der Waals surface area (Å²) in [6.07, 6.45) is 0. The Hall–Kier alpha value is -2.09. The summed E-state index contributed by atoms with van der Waals surface area (Å²) in [4.78, 5) is 20.2. The van der Waals surface area contributed by atoms with Crippen LogP contribution in [0.5, 0.6) is 5.75 Å². The van der Waals surface area contributed by atoms with Crippen molar-refractivity contribution in [3.63, 3.8) is 0 Å². The molecule has 0 amide bonds. The molecule has 7 nitrogen and oxygen atoms in total. The Kier molecular flexibility index (Phi) is 5.07. The van der Waals surface area contributed by atoms with Crippen molar-refractivity contribution in [2.75, 3.05) is 53.6 Å². The first-order chi connectivity index (χ1) is 13.5. The highest BCUT2D eigenvalue weighted by Crippen LogP contribution is 2.43. The number of hydrogen-bond donors (Lipinski definition) is 2. The van der Waals surface area contributed by atoms with E-state index in [-0.39, 0.29) is 5.92 Å². The molecule has 152 valence electrons. The van der Waals surface area contributed by atoms with Gasteiger partial charge < -0.3 is 19.6 Å². The molecule has 2 fully saturated rings. The monoisotopic (exact) mass is 387 g/mol. The van der Waals surface area contributed by atoms with Gasteiger partial charge in [-0.3, -0.25) is 14.6 Å². The minimum absolute atomic E-state index is 0.159. The second-order valence-electron chi connectivity index (χ2n) is 8.20. The number of hydrogen-bond acceptors (Lipinski definition) is 5. The number of methoxy groups -OCH3 is 2. The lowest BCUT2D eigenvalue weighted by atomic mass is 9.81. The highest BCUT2D eigenvalue weighted by atomic mass is 16.5. The van der Waals surface area contributed by atoms with Crippen LogP contribution in [-0.2, 0) is 16.1 Å². The number of carboxylic acid groups (broad SMARTS) is 1. The van der Waals surface area contributed by atoms with Gasteiger partial charge in [-0.15, -0.1) is 0 Å². The van der Waals surface area contributed by atoms with Gasteiger partial charge in [0.2, 0.25) is 0 Å². The smallest absolute Gasteiger partial charge is 0.312 e. The number of nitrogens with zero attached hydrogens (tertiary/aromatic N) is 2. The molecule has 0 spiro atoms. The lowest BCUT2D eigenvalue weighted by Crippen LogP contribution is -2.41. The summed E-state index contributed by atoms with van der Waals surface area (Å²) >= 11 is 0. The number of carbonyl (C=O) groups is 1. The van der Waals surface area contributed by atoms with Crippen LogP contribution in [0.4, 0.5) is 0 Å². The largest absolute Gasteiger partial charge is 0.497 e. The van der Waals surface area contributed by atoms with Gasteiger partial charge in [0.15, 0.2) is 0 Å². The van der Waals surface area contributed by atoms with Gasteiger partial charge in [-0.25, -0.2) is 0 Å². The Bertz CT molecular complexity index is 880. The van der Waals surface area contributed by atoms with E-state index >= 15 is 0 Å². The molecular formula is C21H29N3O4. The minimum Gasteiger partial charge on any atom is -0.497 e. The van der Waals surface area contributed by atoms with Crippen LogP contribution in [0, 0.1) is 18.3 Å². The van der Waals surface area contributed by atoms with Gasteiger partial charge in [-0.2, -0.15) is 0 Å². The number of likely N-dealkylation sites (tertiary alicyclic amines) is 2. The third kappa shape index (κ3) is 3.17. The number of rotatable bonds is 7. The summed E-state index contributed by atoms with van der Waals surface area (Å²) in [5.41, 5.74) is 2.78. The average molecular weight is 387 g/mol. The molecule has 2 aliphatic rings. The minimum atomic E-state index is -0.670. The van der Waals surface area contributed by atoms with Crippen LogP contribution in [0.2, 0.25) is 0 Å². The fraction of sp³-hybridized carbons (Fsp3) is 0.571. The highest BCUT2D eigenvalue weighted by Gasteiger charge is 2.57. The molecule has 2 saturated heterocycles. The molecule has 0 saturated carbocycles. The number of aliphatic carboxylic acids is 1. The van der Waals surface area contributed by atoms with Crippen LogP contribution >= 0.6 is 0 Å². The SMILES string of the molecule is COCCN1C[C@H]2CN(Cc3[nH]c4ccc(OC)cc4c3C)C[C@@]2(C(=O)O)C1. The summed E-state index contributed by atoms with van der Waals surface area (Å²) in [6, 6.07) is 6.04. The number of nitrogens with one attached hydrogen (secondary N) is 1. The number of aromatic nitrogens is 1. The maximum Gasteiger partial charge on any atom is 0.312 e. The molecule has 2 aliphatic heterocycles. The van der Waals surface area contributed by atoms with Crippen molar-refractivity contribution in [2.24, 2.45) is 11.3 Å². The molecule has 2 N–H and O–H groups in total. The third-order valence-electron chi connectivity index (χ3n) is 6.54. The lowest BCUT2D eigenvalue weighted by molar-refractivity contribution is -0.149. The van der Waals surface area contributed by atoms with Crippen molar-refractivity contribution in [2.45, 2.75) is 13.5 Å². The van der Waals surface area contributed by atoms with Crippen molar-refractivity contribution in [3.05, 3.63) is 29.5 Å². The van der Waals surface area contributed by atoms with Crippen molar-refractivity contribution in [3.8, 4) is 5.75 Å². The van der Waals surface area contributed by atoms with E-state index in [4.69, 9.17) is 9.47 Å². The molecule has 0 radical (unpaired) electrons. The number of aromatic amines is 1.